The highest BCUT2D eigenvalue weighted by molar-refractivity contribution is 6.00. The quantitative estimate of drug-likeness (QED) is 0.151. The third-order valence-corrected chi connectivity index (χ3v) is 8.72. The van der Waals surface area contributed by atoms with Crippen molar-refractivity contribution >= 4 is 17.3 Å². The summed E-state index contributed by atoms with van der Waals surface area (Å²) in [7, 11) is 0. The molecule has 0 spiro atoms. The van der Waals surface area contributed by atoms with Gasteiger partial charge in [0.15, 0.2) is 11.6 Å². The Labute approximate surface area is 235 Å². The molecule has 1 aliphatic carbocycles. The number of nitrogens with one attached hydrogen (secondary N) is 1. The third-order valence-electron chi connectivity index (χ3n) is 8.72. The molecule has 0 radical (unpaired) electrons. The normalized spacial score (nSPS) is 17.3. The molecular formula is C34H49NO4. The van der Waals surface area contributed by atoms with Crippen LogP contribution in [0.4, 0.5) is 0 Å². The minimum atomic E-state index is -0.0571. The number of rotatable bonds is 18. The molecule has 1 aromatic rings. The smallest absolute Gasteiger partial charge is 0.167 e. The molecule has 0 amide bonds. The van der Waals surface area contributed by atoms with Crippen LogP contribution >= 0.6 is 0 Å². The zero-order valence-electron chi connectivity index (χ0n) is 24.8. The van der Waals surface area contributed by atoms with Gasteiger partial charge in [-0.3, -0.25) is 14.4 Å². The SMILES string of the molecule is CCCCC(=O)C(C)C(C)CC(CC(=O)C1=CONC=C1C)c1ccc(C(=O)CCCCCC2CC2)cc1C. The Balaban J connectivity index is 1.72. The highest BCUT2D eigenvalue weighted by Gasteiger charge is 2.28. The fourth-order valence-corrected chi connectivity index (χ4v) is 5.63. The average Bonchev–Trinajstić information content (AvgIpc) is 3.75. The van der Waals surface area contributed by atoms with Gasteiger partial charge < -0.3 is 4.84 Å². The van der Waals surface area contributed by atoms with Gasteiger partial charge in [0.05, 0.1) is 5.57 Å². The first-order chi connectivity index (χ1) is 18.7. The van der Waals surface area contributed by atoms with E-state index in [1.165, 1.54) is 31.9 Å². The third kappa shape index (κ3) is 9.47. The molecule has 1 fully saturated rings. The fourth-order valence-electron chi connectivity index (χ4n) is 5.63. The van der Waals surface area contributed by atoms with Crippen LogP contribution in [0.15, 0.2) is 41.8 Å². The van der Waals surface area contributed by atoms with Crippen molar-refractivity contribution in [2.75, 3.05) is 0 Å². The molecule has 1 aliphatic heterocycles. The molecule has 5 heteroatoms. The summed E-state index contributed by atoms with van der Waals surface area (Å²) in [5.74, 6) is 1.51. The zero-order chi connectivity index (χ0) is 28.4. The molecule has 3 unspecified atom stereocenters. The minimum Gasteiger partial charge on any atom is -0.390 e. The minimum absolute atomic E-state index is 0.0261. The summed E-state index contributed by atoms with van der Waals surface area (Å²) < 4.78 is 0. The Bertz CT molecular complexity index is 1060. The molecule has 39 heavy (non-hydrogen) atoms. The van der Waals surface area contributed by atoms with Crippen LogP contribution in [0.5, 0.6) is 0 Å². The number of benzene rings is 1. The topological polar surface area (TPSA) is 72.5 Å². The first kappa shape index (κ1) is 30.8. The first-order valence-electron chi connectivity index (χ1n) is 15.2. The lowest BCUT2D eigenvalue weighted by molar-refractivity contribution is -0.124. The molecule has 2 aliphatic rings. The molecule has 1 N–H and O–H groups in total. The number of hydrogen-bond acceptors (Lipinski definition) is 5. The summed E-state index contributed by atoms with van der Waals surface area (Å²) in [4.78, 5) is 44.3. The van der Waals surface area contributed by atoms with Gasteiger partial charge in [-0.15, -0.1) is 0 Å². The van der Waals surface area contributed by atoms with E-state index in [0.29, 0.717) is 30.6 Å². The van der Waals surface area contributed by atoms with Crippen LogP contribution in [0.3, 0.4) is 0 Å². The number of unbranched alkanes of at least 4 members (excludes halogenated alkanes) is 3. The molecule has 0 bridgehead atoms. The van der Waals surface area contributed by atoms with E-state index < -0.39 is 0 Å². The maximum Gasteiger partial charge on any atom is 0.167 e. The van der Waals surface area contributed by atoms with Gasteiger partial charge in [-0.05, 0) is 73.6 Å². The van der Waals surface area contributed by atoms with Crippen LogP contribution in [0.2, 0.25) is 0 Å². The van der Waals surface area contributed by atoms with E-state index in [1.54, 1.807) is 6.20 Å². The Morgan fingerprint density at radius 1 is 1.00 bits per heavy atom. The van der Waals surface area contributed by atoms with Crippen molar-refractivity contribution in [1.29, 1.82) is 0 Å². The van der Waals surface area contributed by atoms with Crippen molar-refractivity contribution in [3.8, 4) is 0 Å². The lowest BCUT2D eigenvalue weighted by Crippen LogP contribution is -2.23. The summed E-state index contributed by atoms with van der Waals surface area (Å²) in [6.07, 6.45) is 14.8. The summed E-state index contributed by atoms with van der Waals surface area (Å²) in [5, 5.41) is 0. The second-order valence-corrected chi connectivity index (χ2v) is 12.0. The lowest BCUT2D eigenvalue weighted by Gasteiger charge is -2.27. The highest BCUT2D eigenvalue weighted by atomic mass is 16.6. The Morgan fingerprint density at radius 2 is 1.77 bits per heavy atom. The van der Waals surface area contributed by atoms with E-state index in [0.717, 1.165) is 60.3 Å². The predicted molar refractivity (Wildman–Crippen MR) is 157 cm³/mol. The van der Waals surface area contributed by atoms with E-state index in [2.05, 4.69) is 19.3 Å². The summed E-state index contributed by atoms with van der Waals surface area (Å²) in [5.41, 5.74) is 6.97. The lowest BCUT2D eigenvalue weighted by atomic mass is 9.77. The van der Waals surface area contributed by atoms with Crippen molar-refractivity contribution in [3.63, 3.8) is 0 Å². The fraction of sp³-hybridized carbons (Fsp3) is 0.618. The number of ketones is 3. The van der Waals surface area contributed by atoms with Gasteiger partial charge in [-0.1, -0.05) is 71.4 Å². The van der Waals surface area contributed by atoms with Crippen molar-refractivity contribution < 1.29 is 19.2 Å². The number of carbonyl (C=O) groups excluding carboxylic acids is 3. The number of hydrogen-bond donors (Lipinski definition) is 1. The van der Waals surface area contributed by atoms with Gasteiger partial charge in [0.25, 0.3) is 0 Å². The molecule has 214 valence electrons. The predicted octanol–water partition coefficient (Wildman–Crippen LogP) is 8.33. The second-order valence-electron chi connectivity index (χ2n) is 12.0. The van der Waals surface area contributed by atoms with Crippen LogP contribution in [0.25, 0.3) is 0 Å². The van der Waals surface area contributed by atoms with Gasteiger partial charge >= 0.3 is 0 Å². The van der Waals surface area contributed by atoms with Gasteiger partial charge in [0.1, 0.15) is 12.0 Å². The van der Waals surface area contributed by atoms with Crippen molar-refractivity contribution in [3.05, 3.63) is 58.5 Å². The van der Waals surface area contributed by atoms with E-state index >= 15 is 0 Å². The van der Waals surface area contributed by atoms with E-state index in [1.807, 2.05) is 39.0 Å². The Hall–Kier alpha value is -2.69. The van der Waals surface area contributed by atoms with Crippen molar-refractivity contribution in [1.82, 2.24) is 5.48 Å². The Morgan fingerprint density at radius 3 is 2.44 bits per heavy atom. The van der Waals surface area contributed by atoms with Gasteiger partial charge in [0.2, 0.25) is 0 Å². The first-order valence-corrected chi connectivity index (χ1v) is 15.2. The van der Waals surface area contributed by atoms with Crippen molar-refractivity contribution in [2.24, 2.45) is 17.8 Å². The highest BCUT2D eigenvalue weighted by Crippen LogP contribution is 2.36. The molecule has 0 saturated heterocycles. The maximum absolute atomic E-state index is 13.4. The Kier molecular flexibility index (Phi) is 12.0. The molecule has 5 nitrogen and oxygen atoms in total. The number of hydroxylamine groups is 1. The van der Waals surface area contributed by atoms with Gasteiger partial charge in [-0.25, -0.2) is 5.48 Å². The standard InChI is InChI=1S/C34H49NO4/c1-6-7-12-32(36)26(5)23(2)18-29(20-34(38)31-22-39-35-21-25(31)4)30-17-16-28(19-24(30)3)33(37)13-10-8-9-11-27-14-15-27/h16-17,19,21-23,26-27,29,35H,6-15,18,20H2,1-5H3. The van der Waals surface area contributed by atoms with Gasteiger partial charge in [-0.2, -0.15) is 0 Å². The van der Waals surface area contributed by atoms with Gasteiger partial charge in [0, 0.05) is 36.9 Å². The van der Waals surface area contributed by atoms with E-state index in [4.69, 9.17) is 4.84 Å². The summed E-state index contributed by atoms with van der Waals surface area (Å²) in [6.45, 7) is 10.2. The average molecular weight is 536 g/mol. The molecule has 1 saturated carbocycles. The molecule has 3 atom stereocenters. The van der Waals surface area contributed by atoms with Crippen LogP contribution in [0.1, 0.15) is 132 Å². The number of allylic oxidation sites excluding steroid dienone is 2. The number of Topliss-reactive ketones (excluding diaryl/α,β-unsaturated/α-hetero) is 3. The molecule has 3 rings (SSSR count). The summed E-state index contributed by atoms with van der Waals surface area (Å²) in [6, 6.07) is 5.97. The van der Waals surface area contributed by atoms with E-state index in [-0.39, 0.29) is 29.3 Å². The number of carbonyl (C=O) groups is 3. The number of aryl methyl sites for hydroxylation is 1. The van der Waals surface area contributed by atoms with Crippen LogP contribution in [-0.4, -0.2) is 17.3 Å². The largest absolute Gasteiger partial charge is 0.390 e. The maximum atomic E-state index is 13.4. The molecule has 1 heterocycles. The van der Waals surface area contributed by atoms with Crippen LogP contribution < -0.4 is 5.48 Å². The summed E-state index contributed by atoms with van der Waals surface area (Å²) >= 11 is 0. The molecule has 1 aromatic carbocycles. The van der Waals surface area contributed by atoms with Crippen molar-refractivity contribution in [2.45, 2.75) is 118 Å². The van der Waals surface area contributed by atoms with E-state index in [9.17, 15) is 14.4 Å². The van der Waals surface area contributed by atoms with Crippen LogP contribution in [-0.2, 0) is 14.4 Å². The van der Waals surface area contributed by atoms with Crippen LogP contribution in [0, 0.1) is 24.7 Å². The molecule has 0 aromatic heterocycles. The zero-order valence-corrected chi connectivity index (χ0v) is 24.8. The second kappa shape index (κ2) is 15.2. The monoisotopic (exact) mass is 535 g/mol. The molecular weight excluding hydrogens is 486 g/mol.